The first-order chi connectivity index (χ1) is 13.7. The van der Waals surface area contributed by atoms with Gasteiger partial charge in [-0.25, -0.2) is 9.97 Å². The van der Waals surface area contributed by atoms with Gasteiger partial charge in [-0.2, -0.15) is 0 Å². The molecular weight excluding hydrogens is 352 g/mol. The normalized spacial score (nSPS) is 21.3. The van der Waals surface area contributed by atoms with Crippen LogP contribution < -0.4 is 10.2 Å². The van der Waals surface area contributed by atoms with Crippen molar-refractivity contribution in [2.75, 3.05) is 31.1 Å². The smallest absolute Gasteiger partial charge is 0.222 e. The third-order valence-corrected chi connectivity index (χ3v) is 6.26. The van der Waals surface area contributed by atoms with Crippen molar-refractivity contribution < 1.29 is 9.53 Å². The number of nitrogens with zero attached hydrogens (tertiary/aromatic N) is 3. The van der Waals surface area contributed by atoms with Gasteiger partial charge in [0.2, 0.25) is 5.91 Å². The van der Waals surface area contributed by atoms with Crippen LogP contribution in [0.15, 0.2) is 30.3 Å². The first-order valence-electron chi connectivity index (χ1n) is 10.3. The van der Waals surface area contributed by atoms with Gasteiger partial charge in [0.15, 0.2) is 5.82 Å². The summed E-state index contributed by atoms with van der Waals surface area (Å²) in [5.74, 6) is 2.03. The van der Waals surface area contributed by atoms with Gasteiger partial charge < -0.3 is 15.0 Å². The highest BCUT2D eigenvalue weighted by Crippen LogP contribution is 2.35. The second-order valence-electron chi connectivity index (χ2n) is 8.06. The minimum absolute atomic E-state index is 0.0976. The van der Waals surface area contributed by atoms with Gasteiger partial charge in [0.05, 0.1) is 12.2 Å². The van der Waals surface area contributed by atoms with Crippen LogP contribution in [0.3, 0.4) is 0 Å². The second kappa shape index (κ2) is 7.17. The fourth-order valence-electron chi connectivity index (χ4n) is 4.60. The minimum Gasteiger partial charge on any atom is -0.372 e. The standard InChI is InChI=1S/C22H26N4O2/c27-19-9-14-28-22(15-23-19)10-12-26(13-11-22)21-17-7-4-8-18(17)24-20(25-21)16-5-2-1-3-6-16/h1-3,5-6H,4,7-15H2,(H,23,27). The topological polar surface area (TPSA) is 67.3 Å². The molecule has 5 rings (SSSR count). The van der Waals surface area contributed by atoms with Crippen molar-refractivity contribution in [1.82, 2.24) is 15.3 Å². The van der Waals surface area contributed by atoms with E-state index < -0.39 is 0 Å². The van der Waals surface area contributed by atoms with E-state index in [-0.39, 0.29) is 11.5 Å². The van der Waals surface area contributed by atoms with Gasteiger partial charge in [-0.15, -0.1) is 0 Å². The first-order valence-corrected chi connectivity index (χ1v) is 10.3. The van der Waals surface area contributed by atoms with E-state index in [2.05, 4.69) is 22.3 Å². The number of benzene rings is 1. The van der Waals surface area contributed by atoms with Gasteiger partial charge in [-0.05, 0) is 32.1 Å². The van der Waals surface area contributed by atoms with E-state index in [1.807, 2.05) is 18.2 Å². The molecule has 2 aromatic rings. The third kappa shape index (κ3) is 3.26. The second-order valence-corrected chi connectivity index (χ2v) is 8.06. The highest BCUT2D eigenvalue weighted by Gasteiger charge is 2.38. The summed E-state index contributed by atoms with van der Waals surface area (Å²) in [5.41, 5.74) is 3.38. The number of hydrogen-bond acceptors (Lipinski definition) is 5. The molecule has 0 atom stereocenters. The van der Waals surface area contributed by atoms with Crippen LogP contribution in [0.1, 0.15) is 36.9 Å². The molecule has 28 heavy (non-hydrogen) atoms. The molecule has 2 fully saturated rings. The van der Waals surface area contributed by atoms with E-state index in [4.69, 9.17) is 14.7 Å². The number of nitrogens with one attached hydrogen (secondary N) is 1. The van der Waals surface area contributed by atoms with Gasteiger partial charge >= 0.3 is 0 Å². The molecule has 1 spiro atoms. The lowest BCUT2D eigenvalue weighted by Crippen LogP contribution is -2.51. The van der Waals surface area contributed by atoms with Crippen molar-refractivity contribution in [3.63, 3.8) is 0 Å². The lowest BCUT2D eigenvalue weighted by Gasteiger charge is -2.41. The minimum atomic E-state index is -0.221. The average molecular weight is 378 g/mol. The zero-order valence-electron chi connectivity index (χ0n) is 16.1. The molecular formula is C22H26N4O2. The maximum absolute atomic E-state index is 11.7. The van der Waals surface area contributed by atoms with E-state index in [1.54, 1.807) is 0 Å². The Morgan fingerprint density at radius 2 is 1.86 bits per heavy atom. The summed E-state index contributed by atoms with van der Waals surface area (Å²) in [5, 5.41) is 3.02. The predicted molar refractivity (Wildman–Crippen MR) is 107 cm³/mol. The Morgan fingerprint density at radius 1 is 1.04 bits per heavy atom. The number of hydrogen-bond donors (Lipinski definition) is 1. The van der Waals surface area contributed by atoms with E-state index in [1.165, 1.54) is 11.3 Å². The fourth-order valence-corrected chi connectivity index (χ4v) is 4.60. The summed E-state index contributed by atoms with van der Waals surface area (Å²) in [6.45, 7) is 2.94. The molecule has 1 aromatic carbocycles. The molecule has 3 aliphatic rings. The van der Waals surface area contributed by atoms with Crippen molar-refractivity contribution in [2.45, 2.75) is 44.1 Å². The van der Waals surface area contributed by atoms with Crippen LogP contribution in [0.25, 0.3) is 11.4 Å². The SMILES string of the molecule is O=C1CCOC2(CCN(c3nc(-c4ccccc4)nc4c3CCC4)CC2)CN1. The summed E-state index contributed by atoms with van der Waals surface area (Å²) >= 11 is 0. The van der Waals surface area contributed by atoms with Gasteiger partial charge in [0.1, 0.15) is 5.82 Å². The van der Waals surface area contributed by atoms with Crippen LogP contribution in [0.2, 0.25) is 0 Å². The van der Waals surface area contributed by atoms with E-state index in [0.29, 0.717) is 19.6 Å². The number of piperidine rings is 1. The number of anilines is 1. The molecule has 1 aliphatic carbocycles. The number of fused-ring (bicyclic) bond motifs is 1. The molecule has 3 heterocycles. The van der Waals surface area contributed by atoms with Crippen molar-refractivity contribution in [3.05, 3.63) is 41.6 Å². The van der Waals surface area contributed by atoms with Crippen LogP contribution in [-0.2, 0) is 22.4 Å². The maximum atomic E-state index is 11.7. The average Bonchev–Trinajstić information content (AvgIpc) is 3.14. The molecule has 146 valence electrons. The summed E-state index contributed by atoms with van der Waals surface area (Å²) in [6.07, 6.45) is 5.54. The highest BCUT2D eigenvalue weighted by atomic mass is 16.5. The number of aryl methyl sites for hydroxylation is 1. The van der Waals surface area contributed by atoms with Crippen molar-refractivity contribution in [2.24, 2.45) is 0 Å². The molecule has 0 unspecified atom stereocenters. The van der Waals surface area contributed by atoms with Gasteiger partial charge in [0, 0.05) is 42.9 Å². The molecule has 2 saturated heterocycles. The van der Waals surface area contributed by atoms with Crippen LogP contribution in [0, 0.1) is 0 Å². The van der Waals surface area contributed by atoms with E-state index >= 15 is 0 Å². The largest absolute Gasteiger partial charge is 0.372 e. The molecule has 0 bridgehead atoms. The molecule has 2 aliphatic heterocycles. The Morgan fingerprint density at radius 3 is 2.68 bits per heavy atom. The number of carbonyl (C=O) groups is 1. The first kappa shape index (κ1) is 17.6. The summed E-state index contributed by atoms with van der Waals surface area (Å²) in [4.78, 5) is 24.0. The van der Waals surface area contributed by atoms with E-state index in [9.17, 15) is 4.79 Å². The summed E-state index contributed by atoms with van der Waals surface area (Å²) in [6, 6.07) is 10.2. The number of carbonyl (C=O) groups excluding carboxylic acids is 1. The quantitative estimate of drug-likeness (QED) is 0.870. The maximum Gasteiger partial charge on any atom is 0.222 e. The third-order valence-electron chi connectivity index (χ3n) is 6.26. The lowest BCUT2D eigenvalue weighted by atomic mass is 9.90. The van der Waals surface area contributed by atoms with Crippen molar-refractivity contribution in [3.8, 4) is 11.4 Å². The zero-order chi connectivity index (χ0) is 19.0. The number of amides is 1. The number of rotatable bonds is 2. The lowest BCUT2D eigenvalue weighted by molar-refractivity contribution is -0.120. The van der Waals surface area contributed by atoms with Gasteiger partial charge in [0.25, 0.3) is 0 Å². The monoisotopic (exact) mass is 378 g/mol. The van der Waals surface area contributed by atoms with Crippen LogP contribution >= 0.6 is 0 Å². The van der Waals surface area contributed by atoms with Crippen LogP contribution in [0.4, 0.5) is 5.82 Å². The molecule has 1 aromatic heterocycles. The van der Waals surface area contributed by atoms with Crippen LogP contribution in [0.5, 0.6) is 0 Å². The Hall–Kier alpha value is -2.47. The predicted octanol–water partition coefficient (Wildman–Crippen LogP) is 2.51. The van der Waals surface area contributed by atoms with Gasteiger partial charge in [-0.1, -0.05) is 30.3 Å². The Kier molecular flexibility index (Phi) is 4.51. The molecule has 1 N–H and O–H groups in total. The Bertz CT molecular complexity index is 876. The number of aromatic nitrogens is 2. The van der Waals surface area contributed by atoms with E-state index in [0.717, 1.165) is 62.4 Å². The summed E-state index contributed by atoms with van der Waals surface area (Å²) in [7, 11) is 0. The fraction of sp³-hybridized carbons (Fsp3) is 0.500. The molecule has 6 nitrogen and oxygen atoms in total. The van der Waals surface area contributed by atoms with Gasteiger partial charge in [-0.3, -0.25) is 4.79 Å². The molecule has 1 amide bonds. The van der Waals surface area contributed by atoms with Crippen molar-refractivity contribution in [1.29, 1.82) is 0 Å². The molecule has 0 saturated carbocycles. The Balaban J connectivity index is 1.41. The zero-order valence-corrected chi connectivity index (χ0v) is 16.1. The highest BCUT2D eigenvalue weighted by molar-refractivity contribution is 5.76. The van der Waals surface area contributed by atoms with Crippen LogP contribution in [-0.4, -0.2) is 47.7 Å². The molecule has 6 heteroatoms. The summed E-state index contributed by atoms with van der Waals surface area (Å²) < 4.78 is 6.13. The Labute approximate surface area is 165 Å². The number of ether oxygens (including phenoxy) is 1. The molecule has 0 radical (unpaired) electrons. The van der Waals surface area contributed by atoms with Crippen molar-refractivity contribution >= 4 is 11.7 Å².